The number of ether oxygens (including phenoxy) is 1. The normalized spacial score (nSPS) is 11.2. The minimum atomic E-state index is -3.32. The van der Waals surface area contributed by atoms with Crippen molar-refractivity contribution >= 4 is 27.4 Å². The van der Waals surface area contributed by atoms with E-state index >= 15 is 0 Å². The van der Waals surface area contributed by atoms with E-state index in [-0.39, 0.29) is 23.7 Å². The van der Waals surface area contributed by atoms with Crippen molar-refractivity contribution in [3.05, 3.63) is 28.8 Å². The minimum Gasteiger partial charge on any atom is -0.469 e. The van der Waals surface area contributed by atoms with Gasteiger partial charge in [0.1, 0.15) is 0 Å². The summed E-state index contributed by atoms with van der Waals surface area (Å²) in [6, 6.07) is 4.52. The van der Waals surface area contributed by atoms with Gasteiger partial charge >= 0.3 is 5.97 Å². The molecule has 4 nitrogen and oxygen atoms in total. The molecule has 0 aliphatic carbocycles. The van der Waals surface area contributed by atoms with Crippen molar-refractivity contribution in [2.45, 2.75) is 17.7 Å². The average molecular weight is 277 g/mol. The van der Waals surface area contributed by atoms with E-state index < -0.39 is 9.84 Å². The highest BCUT2D eigenvalue weighted by Crippen LogP contribution is 2.21. The predicted octanol–water partition coefficient (Wildman–Crippen LogP) is 1.85. The lowest BCUT2D eigenvalue weighted by atomic mass is 10.1. The summed E-state index contributed by atoms with van der Waals surface area (Å²) in [7, 11) is -2.03. The molecule has 94 valence electrons. The van der Waals surface area contributed by atoms with Crippen molar-refractivity contribution in [2.24, 2.45) is 0 Å². The first-order chi connectivity index (χ1) is 7.84. The molecule has 0 saturated heterocycles. The van der Waals surface area contributed by atoms with Gasteiger partial charge in [-0.25, -0.2) is 8.42 Å². The molecule has 0 atom stereocenters. The molecule has 0 aromatic heterocycles. The molecule has 6 heteroatoms. The number of sulfone groups is 1. The molecule has 0 bridgehead atoms. The van der Waals surface area contributed by atoms with Crippen molar-refractivity contribution in [1.82, 2.24) is 0 Å². The van der Waals surface area contributed by atoms with Crippen LogP contribution < -0.4 is 0 Å². The van der Waals surface area contributed by atoms with Gasteiger partial charge in [-0.3, -0.25) is 4.79 Å². The van der Waals surface area contributed by atoms with Crippen molar-refractivity contribution in [3.63, 3.8) is 0 Å². The Morgan fingerprint density at radius 3 is 2.59 bits per heavy atom. The van der Waals surface area contributed by atoms with Crippen molar-refractivity contribution < 1.29 is 17.9 Å². The molecule has 0 radical (unpaired) electrons. The number of hydrogen-bond acceptors (Lipinski definition) is 4. The number of carbonyl (C=O) groups is 1. The maximum absolute atomic E-state index is 11.5. The molecular weight excluding hydrogens is 264 g/mol. The van der Waals surface area contributed by atoms with E-state index in [1.54, 1.807) is 6.07 Å². The van der Waals surface area contributed by atoms with E-state index in [0.717, 1.165) is 6.26 Å². The van der Waals surface area contributed by atoms with Gasteiger partial charge in [0.15, 0.2) is 9.84 Å². The lowest BCUT2D eigenvalue weighted by Gasteiger charge is -2.07. The summed E-state index contributed by atoms with van der Waals surface area (Å²) in [6.07, 6.45) is 1.53. The first-order valence-electron chi connectivity index (χ1n) is 4.90. The van der Waals surface area contributed by atoms with E-state index in [1.165, 1.54) is 19.2 Å². The van der Waals surface area contributed by atoms with Crippen molar-refractivity contribution in [2.75, 3.05) is 13.4 Å². The zero-order chi connectivity index (χ0) is 13.1. The predicted molar refractivity (Wildman–Crippen MR) is 64.9 cm³/mol. The molecule has 0 saturated carbocycles. The first kappa shape index (κ1) is 14.0. The van der Waals surface area contributed by atoms with Gasteiger partial charge in [0.2, 0.25) is 0 Å². The summed E-state index contributed by atoms with van der Waals surface area (Å²) in [5.74, 6) is -0.385. The number of carbonyl (C=O) groups excluding carboxylic acids is 1. The Morgan fingerprint density at radius 2 is 2.06 bits per heavy atom. The van der Waals surface area contributed by atoms with Crippen LogP contribution in [0.15, 0.2) is 23.1 Å². The van der Waals surface area contributed by atoms with Gasteiger partial charge < -0.3 is 4.74 Å². The third-order valence-electron chi connectivity index (χ3n) is 2.25. The summed E-state index contributed by atoms with van der Waals surface area (Å²) >= 11 is 5.81. The molecule has 17 heavy (non-hydrogen) atoms. The molecule has 0 unspecified atom stereocenters. The van der Waals surface area contributed by atoms with Crippen LogP contribution in [0.25, 0.3) is 0 Å². The number of hydrogen-bond donors (Lipinski definition) is 0. The van der Waals surface area contributed by atoms with Crippen LogP contribution in [0.2, 0.25) is 5.02 Å². The monoisotopic (exact) mass is 276 g/mol. The fourth-order valence-electron chi connectivity index (χ4n) is 1.44. The van der Waals surface area contributed by atoms with Gasteiger partial charge in [0.05, 0.1) is 12.0 Å². The fraction of sp³-hybridized carbons (Fsp3) is 0.364. The second kappa shape index (κ2) is 5.51. The van der Waals surface area contributed by atoms with Crippen LogP contribution in [0.3, 0.4) is 0 Å². The van der Waals surface area contributed by atoms with E-state index in [4.69, 9.17) is 11.6 Å². The van der Waals surface area contributed by atoms with E-state index in [9.17, 15) is 13.2 Å². The number of rotatable bonds is 4. The zero-order valence-corrected chi connectivity index (χ0v) is 11.1. The Morgan fingerprint density at radius 1 is 1.41 bits per heavy atom. The van der Waals surface area contributed by atoms with Crippen LogP contribution in [0.5, 0.6) is 0 Å². The highest BCUT2D eigenvalue weighted by Gasteiger charge is 2.14. The third kappa shape index (κ3) is 4.02. The molecular formula is C11H13ClO4S. The van der Waals surface area contributed by atoms with Crippen LogP contribution in [0, 0.1) is 0 Å². The minimum absolute atomic E-state index is 0.124. The van der Waals surface area contributed by atoms with Gasteiger partial charge in [-0.05, 0) is 30.2 Å². The van der Waals surface area contributed by atoms with Gasteiger partial charge in [-0.2, -0.15) is 0 Å². The van der Waals surface area contributed by atoms with Gasteiger partial charge in [-0.15, -0.1) is 0 Å². The molecule has 0 aliphatic rings. The third-order valence-corrected chi connectivity index (χ3v) is 3.68. The zero-order valence-electron chi connectivity index (χ0n) is 9.57. The van der Waals surface area contributed by atoms with Gasteiger partial charge in [0.25, 0.3) is 0 Å². The average Bonchev–Trinajstić information content (AvgIpc) is 2.24. The fourth-order valence-corrected chi connectivity index (χ4v) is 2.59. The SMILES string of the molecule is COC(=O)CCc1cc(Cl)ccc1S(C)(=O)=O. The molecule has 1 aromatic rings. The molecule has 0 aliphatic heterocycles. The highest BCUT2D eigenvalue weighted by molar-refractivity contribution is 7.90. The van der Waals surface area contributed by atoms with Crippen molar-refractivity contribution in [1.29, 1.82) is 0 Å². The standard InChI is InChI=1S/C11H13ClO4S/c1-16-11(13)6-3-8-7-9(12)4-5-10(8)17(2,14)15/h4-5,7H,3,6H2,1-2H3. The first-order valence-corrected chi connectivity index (χ1v) is 7.17. The molecule has 0 amide bonds. The Kier molecular flexibility index (Phi) is 4.54. The summed E-state index contributed by atoms with van der Waals surface area (Å²) < 4.78 is 27.5. The molecule has 0 N–H and O–H groups in total. The Bertz CT molecular complexity index is 522. The van der Waals surface area contributed by atoms with Crippen LogP contribution in [0.4, 0.5) is 0 Å². The lowest BCUT2D eigenvalue weighted by molar-refractivity contribution is -0.140. The van der Waals surface area contributed by atoms with Crippen LogP contribution in [-0.4, -0.2) is 27.8 Å². The molecule has 0 spiro atoms. The largest absolute Gasteiger partial charge is 0.469 e. The Labute approximate surface area is 105 Å². The topological polar surface area (TPSA) is 60.4 Å². The summed E-state index contributed by atoms with van der Waals surface area (Å²) in [5, 5.41) is 0.442. The van der Waals surface area contributed by atoms with Crippen LogP contribution in [-0.2, 0) is 25.8 Å². The quantitative estimate of drug-likeness (QED) is 0.788. The molecule has 0 heterocycles. The maximum Gasteiger partial charge on any atom is 0.305 e. The number of halogens is 1. The molecule has 1 rings (SSSR count). The number of methoxy groups -OCH3 is 1. The summed E-state index contributed by atoms with van der Waals surface area (Å²) in [6.45, 7) is 0. The van der Waals surface area contributed by atoms with E-state index in [2.05, 4.69) is 4.74 Å². The Balaban J connectivity index is 3.04. The number of esters is 1. The molecule has 0 fully saturated rings. The van der Waals surface area contributed by atoms with E-state index in [0.29, 0.717) is 10.6 Å². The molecule has 1 aromatic carbocycles. The van der Waals surface area contributed by atoms with E-state index in [1.807, 2.05) is 0 Å². The summed E-state index contributed by atoms with van der Waals surface area (Å²) in [4.78, 5) is 11.2. The maximum atomic E-state index is 11.5. The highest BCUT2D eigenvalue weighted by atomic mass is 35.5. The lowest BCUT2D eigenvalue weighted by Crippen LogP contribution is -2.06. The Hall–Kier alpha value is -1.07. The van der Waals surface area contributed by atoms with Gasteiger partial charge in [0, 0.05) is 17.7 Å². The number of benzene rings is 1. The van der Waals surface area contributed by atoms with Crippen LogP contribution in [0.1, 0.15) is 12.0 Å². The van der Waals surface area contributed by atoms with Crippen molar-refractivity contribution in [3.8, 4) is 0 Å². The smallest absolute Gasteiger partial charge is 0.305 e. The van der Waals surface area contributed by atoms with Crippen LogP contribution >= 0.6 is 11.6 Å². The second-order valence-electron chi connectivity index (χ2n) is 3.60. The second-order valence-corrected chi connectivity index (χ2v) is 6.02. The summed E-state index contributed by atoms with van der Waals surface area (Å²) in [5.41, 5.74) is 0.533. The van der Waals surface area contributed by atoms with Gasteiger partial charge in [-0.1, -0.05) is 11.6 Å². The number of aryl methyl sites for hydroxylation is 1.